The molecule has 1 saturated carbocycles. The molecule has 0 radical (unpaired) electrons. The zero-order chi connectivity index (χ0) is 22.6. The molecule has 2 aliphatic rings. The summed E-state index contributed by atoms with van der Waals surface area (Å²) in [5.74, 6) is 1.46. The van der Waals surface area contributed by atoms with Crippen LogP contribution in [0.2, 0.25) is 0 Å². The highest BCUT2D eigenvalue weighted by molar-refractivity contribution is 5.85. The summed E-state index contributed by atoms with van der Waals surface area (Å²) in [6.45, 7) is 4.63. The van der Waals surface area contributed by atoms with Crippen molar-refractivity contribution in [2.75, 3.05) is 20.8 Å². The van der Waals surface area contributed by atoms with E-state index in [0.717, 1.165) is 46.0 Å². The largest absolute Gasteiger partial charge is 0.493 e. The van der Waals surface area contributed by atoms with Crippen LogP contribution >= 0.6 is 0 Å². The molecule has 2 aromatic carbocycles. The Morgan fingerprint density at radius 1 is 1.00 bits per heavy atom. The fraction of sp³-hybridized carbons (Fsp3) is 0.385. The van der Waals surface area contributed by atoms with Crippen molar-refractivity contribution in [3.63, 3.8) is 0 Å². The average Bonchev–Trinajstić information content (AvgIpc) is 3.62. The van der Waals surface area contributed by atoms with E-state index in [0.29, 0.717) is 30.0 Å². The van der Waals surface area contributed by atoms with Crippen molar-refractivity contribution >= 4 is 16.8 Å². The highest BCUT2D eigenvalue weighted by atomic mass is 16.5. The Bertz CT molecular complexity index is 1290. The highest BCUT2D eigenvalue weighted by Gasteiger charge is 2.40. The average molecular weight is 433 g/mol. The van der Waals surface area contributed by atoms with Crippen molar-refractivity contribution in [2.45, 2.75) is 39.2 Å². The standard InChI is InChI=1S/C26H28N2O4/c1-14-9-15(2)23-18(10-14)11-20(25(29)27-23)24-19-13-22(32-4)21(31-3)12-17(19)7-8-28(24)26(30)16-5-6-16/h9-13,16,24H,5-8H2,1-4H3,(H,27,29)/t24-/m0/s1. The Hall–Kier alpha value is -3.28. The molecule has 1 atom stereocenters. The summed E-state index contributed by atoms with van der Waals surface area (Å²) in [6.07, 6.45) is 2.56. The molecule has 0 bridgehead atoms. The number of fused-ring (bicyclic) bond motifs is 2. The van der Waals surface area contributed by atoms with E-state index >= 15 is 0 Å². The number of carbonyl (C=O) groups is 1. The van der Waals surface area contributed by atoms with Crippen LogP contribution in [0.3, 0.4) is 0 Å². The molecular formula is C26H28N2O4. The van der Waals surface area contributed by atoms with Crippen LogP contribution in [-0.4, -0.2) is 36.6 Å². The Kier molecular flexibility index (Phi) is 4.96. The number of benzene rings is 2. The lowest BCUT2D eigenvalue weighted by Crippen LogP contribution is -2.43. The van der Waals surface area contributed by atoms with E-state index in [4.69, 9.17) is 9.47 Å². The van der Waals surface area contributed by atoms with Crippen LogP contribution in [0.15, 0.2) is 35.1 Å². The molecule has 6 heteroatoms. The predicted molar refractivity (Wildman–Crippen MR) is 124 cm³/mol. The van der Waals surface area contributed by atoms with E-state index in [1.165, 1.54) is 0 Å². The molecule has 1 amide bonds. The number of H-pyrrole nitrogens is 1. The van der Waals surface area contributed by atoms with Gasteiger partial charge in [-0.3, -0.25) is 9.59 Å². The van der Waals surface area contributed by atoms with Gasteiger partial charge in [0.25, 0.3) is 5.56 Å². The number of amides is 1. The minimum atomic E-state index is -0.458. The fourth-order valence-corrected chi connectivity index (χ4v) is 4.99. The van der Waals surface area contributed by atoms with Crippen molar-refractivity contribution in [3.05, 3.63) is 68.5 Å². The molecule has 2 heterocycles. The van der Waals surface area contributed by atoms with Gasteiger partial charge in [0.15, 0.2) is 11.5 Å². The lowest BCUT2D eigenvalue weighted by molar-refractivity contribution is -0.134. The second kappa shape index (κ2) is 7.69. The fourth-order valence-electron chi connectivity index (χ4n) is 4.99. The normalized spacial score (nSPS) is 17.9. The monoisotopic (exact) mass is 432 g/mol. The summed E-state index contributed by atoms with van der Waals surface area (Å²) < 4.78 is 11.1. The van der Waals surface area contributed by atoms with Crippen molar-refractivity contribution in [2.24, 2.45) is 5.92 Å². The van der Waals surface area contributed by atoms with Crippen LogP contribution in [0, 0.1) is 19.8 Å². The quantitative estimate of drug-likeness (QED) is 0.675. The Morgan fingerprint density at radius 2 is 1.72 bits per heavy atom. The molecule has 0 unspecified atom stereocenters. The number of hydrogen-bond acceptors (Lipinski definition) is 4. The third kappa shape index (κ3) is 3.34. The molecule has 6 nitrogen and oxygen atoms in total. The van der Waals surface area contributed by atoms with E-state index in [1.807, 2.05) is 36.9 Å². The minimum absolute atomic E-state index is 0.0724. The van der Waals surface area contributed by atoms with Crippen molar-refractivity contribution in [1.29, 1.82) is 0 Å². The molecule has 1 N–H and O–H groups in total. The molecule has 1 aliphatic carbocycles. The Morgan fingerprint density at radius 3 is 2.41 bits per heavy atom. The summed E-state index contributed by atoms with van der Waals surface area (Å²) >= 11 is 0. The molecule has 0 saturated heterocycles. The van der Waals surface area contributed by atoms with Gasteiger partial charge in [-0.2, -0.15) is 0 Å². The number of hydrogen-bond donors (Lipinski definition) is 1. The van der Waals surface area contributed by atoms with E-state index in [1.54, 1.807) is 14.2 Å². The van der Waals surface area contributed by atoms with Gasteiger partial charge in [0.2, 0.25) is 5.91 Å². The van der Waals surface area contributed by atoms with Gasteiger partial charge in [-0.1, -0.05) is 11.6 Å². The highest BCUT2D eigenvalue weighted by Crippen LogP contribution is 2.43. The zero-order valence-corrected chi connectivity index (χ0v) is 19.0. The number of aromatic nitrogens is 1. The molecule has 0 spiro atoms. The molecule has 166 valence electrons. The van der Waals surface area contributed by atoms with Gasteiger partial charge in [-0.05, 0) is 79.5 Å². The number of nitrogens with one attached hydrogen (secondary N) is 1. The van der Waals surface area contributed by atoms with Gasteiger partial charge in [-0.25, -0.2) is 0 Å². The number of aromatic amines is 1. The second-order valence-corrected chi connectivity index (χ2v) is 8.96. The van der Waals surface area contributed by atoms with Crippen molar-refractivity contribution in [3.8, 4) is 11.5 Å². The maximum absolute atomic E-state index is 13.4. The van der Waals surface area contributed by atoms with E-state index in [-0.39, 0.29) is 17.4 Å². The Balaban J connectivity index is 1.74. The molecule has 5 rings (SSSR count). The number of pyridine rings is 1. The van der Waals surface area contributed by atoms with Gasteiger partial charge in [-0.15, -0.1) is 0 Å². The van der Waals surface area contributed by atoms with Crippen LogP contribution in [0.1, 0.15) is 46.7 Å². The van der Waals surface area contributed by atoms with E-state index in [2.05, 4.69) is 17.1 Å². The summed E-state index contributed by atoms with van der Waals surface area (Å²) in [5.41, 5.74) is 5.44. The first-order valence-corrected chi connectivity index (χ1v) is 11.1. The maximum Gasteiger partial charge on any atom is 0.254 e. The van der Waals surface area contributed by atoms with Crippen LogP contribution in [0.5, 0.6) is 11.5 Å². The smallest absolute Gasteiger partial charge is 0.254 e. The van der Waals surface area contributed by atoms with Crippen molar-refractivity contribution in [1.82, 2.24) is 9.88 Å². The first-order chi connectivity index (χ1) is 15.4. The van der Waals surface area contributed by atoms with Crippen LogP contribution in [-0.2, 0) is 11.2 Å². The first-order valence-electron chi connectivity index (χ1n) is 11.1. The van der Waals surface area contributed by atoms with Gasteiger partial charge >= 0.3 is 0 Å². The zero-order valence-electron chi connectivity index (χ0n) is 19.0. The molecule has 32 heavy (non-hydrogen) atoms. The number of rotatable bonds is 4. The number of carbonyl (C=O) groups excluding carboxylic acids is 1. The third-order valence-corrected chi connectivity index (χ3v) is 6.70. The van der Waals surface area contributed by atoms with Gasteiger partial charge in [0, 0.05) is 18.0 Å². The topological polar surface area (TPSA) is 71.6 Å². The van der Waals surface area contributed by atoms with Crippen LogP contribution < -0.4 is 15.0 Å². The maximum atomic E-state index is 13.4. The summed E-state index contributed by atoms with van der Waals surface area (Å²) in [7, 11) is 3.22. The summed E-state index contributed by atoms with van der Waals surface area (Å²) in [4.78, 5) is 31.6. The third-order valence-electron chi connectivity index (χ3n) is 6.70. The Labute approximate surface area is 187 Å². The minimum Gasteiger partial charge on any atom is -0.493 e. The predicted octanol–water partition coefficient (Wildman–Crippen LogP) is 4.05. The second-order valence-electron chi connectivity index (χ2n) is 8.96. The first kappa shape index (κ1) is 20.6. The summed E-state index contributed by atoms with van der Waals surface area (Å²) in [5, 5.41) is 0.975. The van der Waals surface area contributed by atoms with Crippen LogP contribution in [0.4, 0.5) is 0 Å². The van der Waals surface area contributed by atoms with E-state index in [9.17, 15) is 9.59 Å². The van der Waals surface area contributed by atoms with Crippen molar-refractivity contribution < 1.29 is 14.3 Å². The molecule has 3 aromatic rings. The number of ether oxygens (including phenoxy) is 2. The summed E-state index contributed by atoms with van der Waals surface area (Å²) in [6, 6.07) is 9.54. The lowest BCUT2D eigenvalue weighted by Gasteiger charge is -2.38. The molecule has 1 aromatic heterocycles. The van der Waals surface area contributed by atoms with Gasteiger partial charge in [0.05, 0.1) is 25.8 Å². The SMILES string of the molecule is COc1cc2c(cc1OC)[C@@H](c1cc3cc(C)cc(C)c3[nH]c1=O)N(C(=O)C1CC1)CC2. The van der Waals surface area contributed by atoms with E-state index < -0.39 is 6.04 Å². The number of methoxy groups -OCH3 is 2. The van der Waals surface area contributed by atoms with Gasteiger partial charge < -0.3 is 19.4 Å². The number of nitrogens with zero attached hydrogens (tertiary/aromatic N) is 1. The number of aryl methyl sites for hydroxylation is 2. The lowest BCUT2D eigenvalue weighted by atomic mass is 9.87. The molecular weight excluding hydrogens is 404 g/mol. The van der Waals surface area contributed by atoms with Crippen LogP contribution in [0.25, 0.3) is 10.9 Å². The molecule has 1 fully saturated rings. The van der Waals surface area contributed by atoms with Gasteiger partial charge in [0.1, 0.15) is 0 Å². The molecule has 1 aliphatic heterocycles.